The first-order valence-corrected chi connectivity index (χ1v) is 9.92. The average Bonchev–Trinajstić information content (AvgIpc) is 3.37. The quantitative estimate of drug-likeness (QED) is 0.659. The molecule has 1 saturated heterocycles. The van der Waals surface area contributed by atoms with Gasteiger partial charge in [0.25, 0.3) is 0 Å². The third-order valence-electron chi connectivity index (χ3n) is 5.04. The smallest absolute Gasteiger partial charge is 0.227 e. The fourth-order valence-electron chi connectivity index (χ4n) is 3.59. The molecule has 0 bridgehead atoms. The molecule has 4 heterocycles. The molecule has 0 aromatic carbocycles. The van der Waals surface area contributed by atoms with E-state index < -0.39 is 0 Å². The fraction of sp³-hybridized carbons (Fsp3) is 0.474. The van der Waals surface area contributed by atoms with E-state index in [1.54, 1.807) is 11.3 Å². The average molecular weight is 356 g/mol. The molecular formula is C19H24N4OS. The lowest BCUT2D eigenvalue weighted by atomic mass is 9.99. The van der Waals surface area contributed by atoms with E-state index in [0.717, 1.165) is 49.0 Å². The van der Waals surface area contributed by atoms with E-state index in [0.29, 0.717) is 6.04 Å². The summed E-state index contributed by atoms with van der Waals surface area (Å²) >= 11 is 1.67. The van der Waals surface area contributed by atoms with E-state index in [9.17, 15) is 0 Å². The zero-order valence-corrected chi connectivity index (χ0v) is 15.4. The van der Waals surface area contributed by atoms with E-state index in [-0.39, 0.29) is 0 Å². The summed E-state index contributed by atoms with van der Waals surface area (Å²) in [6.07, 6.45) is 10.8. The summed E-state index contributed by atoms with van der Waals surface area (Å²) in [7, 11) is 0. The summed E-state index contributed by atoms with van der Waals surface area (Å²) in [4.78, 5) is 11.5. The highest BCUT2D eigenvalue weighted by molar-refractivity contribution is 7.08. The second-order valence-electron chi connectivity index (χ2n) is 6.74. The number of oxazole rings is 1. The van der Waals surface area contributed by atoms with Crippen molar-refractivity contribution in [1.29, 1.82) is 0 Å². The van der Waals surface area contributed by atoms with Crippen LogP contribution in [0.1, 0.15) is 37.1 Å². The van der Waals surface area contributed by atoms with Gasteiger partial charge in [-0.1, -0.05) is 6.42 Å². The molecule has 3 aromatic rings. The van der Waals surface area contributed by atoms with Crippen LogP contribution in [0.4, 0.5) is 0 Å². The minimum Gasteiger partial charge on any atom is -0.441 e. The molecule has 1 aliphatic rings. The maximum atomic E-state index is 5.91. The summed E-state index contributed by atoms with van der Waals surface area (Å²) < 4.78 is 8.08. The van der Waals surface area contributed by atoms with Gasteiger partial charge < -0.3 is 8.98 Å². The first-order valence-electron chi connectivity index (χ1n) is 8.98. The van der Waals surface area contributed by atoms with Gasteiger partial charge in [-0.15, -0.1) is 0 Å². The largest absolute Gasteiger partial charge is 0.441 e. The van der Waals surface area contributed by atoms with E-state index in [1.165, 1.54) is 19.3 Å². The minimum atomic E-state index is 0.608. The summed E-state index contributed by atoms with van der Waals surface area (Å²) in [5, 5.41) is 4.15. The number of hydrogen-bond donors (Lipinski definition) is 0. The zero-order valence-electron chi connectivity index (χ0n) is 14.6. The van der Waals surface area contributed by atoms with Crippen molar-refractivity contribution in [3.8, 4) is 11.5 Å². The van der Waals surface area contributed by atoms with Crippen molar-refractivity contribution in [3.63, 3.8) is 0 Å². The molecule has 0 amide bonds. The van der Waals surface area contributed by atoms with Crippen molar-refractivity contribution >= 4 is 11.3 Å². The molecule has 0 unspecified atom stereocenters. The molecule has 132 valence electrons. The van der Waals surface area contributed by atoms with Gasteiger partial charge in [-0.05, 0) is 44.2 Å². The Hall–Kier alpha value is -1.92. The van der Waals surface area contributed by atoms with Crippen LogP contribution >= 0.6 is 11.3 Å². The summed E-state index contributed by atoms with van der Waals surface area (Å²) in [6, 6.07) is 2.67. The number of aromatic nitrogens is 3. The summed E-state index contributed by atoms with van der Waals surface area (Å²) in [6.45, 7) is 5.09. The van der Waals surface area contributed by atoms with Crippen LogP contribution in [0, 0.1) is 6.92 Å². The standard InChI is InChI=1S/C19H24N4OS/c1-15-18(21-19(24-15)16-6-11-25-13-16)12-23-8-3-2-4-17(23)5-9-22-10-7-20-14-22/h6-7,10-11,13-14,17H,2-5,8-9,12H2,1H3/t17-/m0/s1. The normalized spacial score (nSPS) is 18.7. The highest BCUT2D eigenvalue weighted by Gasteiger charge is 2.24. The zero-order chi connectivity index (χ0) is 17.1. The Morgan fingerprint density at radius 2 is 2.32 bits per heavy atom. The van der Waals surface area contributed by atoms with Crippen LogP contribution in [0.5, 0.6) is 0 Å². The van der Waals surface area contributed by atoms with E-state index >= 15 is 0 Å². The molecule has 6 heteroatoms. The van der Waals surface area contributed by atoms with Crippen molar-refractivity contribution in [2.24, 2.45) is 0 Å². The van der Waals surface area contributed by atoms with Gasteiger partial charge >= 0.3 is 0 Å². The third-order valence-corrected chi connectivity index (χ3v) is 5.73. The lowest BCUT2D eigenvalue weighted by Gasteiger charge is -2.35. The summed E-state index contributed by atoms with van der Waals surface area (Å²) in [5.74, 6) is 1.70. The Labute approximate surface area is 152 Å². The third kappa shape index (κ3) is 3.85. The molecule has 0 aliphatic carbocycles. The fourth-order valence-corrected chi connectivity index (χ4v) is 4.22. The summed E-state index contributed by atoms with van der Waals surface area (Å²) in [5.41, 5.74) is 2.16. The number of aryl methyl sites for hydroxylation is 2. The molecular weight excluding hydrogens is 332 g/mol. The predicted molar refractivity (Wildman–Crippen MR) is 99.4 cm³/mol. The first kappa shape index (κ1) is 16.5. The minimum absolute atomic E-state index is 0.608. The van der Waals surface area contributed by atoms with Crippen LogP contribution < -0.4 is 0 Å². The van der Waals surface area contributed by atoms with Crippen molar-refractivity contribution in [2.45, 2.75) is 51.7 Å². The Morgan fingerprint density at radius 1 is 1.36 bits per heavy atom. The van der Waals surface area contributed by atoms with Crippen LogP contribution in [0.3, 0.4) is 0 Å². The van der Waals surface area contributed by atoms with Crippen LogP contribution in [-0.2, 0) is 13.1 Å². The Bertz CT molecular complexity index is 779. The number of imidazole rings is 1. The van der Waals surface area contributed by atoms with Gasteiger partial charge in [0.05, 0.1) is 12.0 Å². The SMILES string of the molecule is Cc1oc(-c2ccsc2)nc1CN1CCCC[C@H]1CCn1ccnc1. The maximum Gasteiger partial charge on any atom is 0.227 e. The molecule has 1 fully saturated rings. The number of thiophene rings is 1. The van der Waals surface area contributed by atoms with E-state index in [4.69, 9.17) is 9.40 Å². The first-order chi connectivity index (χ1) is 12.3. The van der Waals surface area contributed by atoms with Gasteiger partial charge in [0.2, 0.25) is 5.89 Å². The van der Waals surface area contributed by atoms with Crippen molar-refractivity contribution in [3.05, 3.63) is 47.0 Å². The highest BCUT2D eigenvalue weighted by Crippen LogP contribution is 2.27. The number of rotatable bonds is 6. The van der Waals surface area contributed by atoms with E-state index in [2.05, 4.69) is 31.3 Å². The van der Waals surface area contributed by atoms with Crippen LogP contribution in [0.25, 0.3) is 11.5 Å². The Kier molecular flexibility index (Phi) is 4.99. The molecule has 1 aliphatic heterocycles. The molecule has 0 N–H and O–H groups in total. The molecule has 0 saturated carbocycles. The second kappa shape index (κ2) is 7.54. The lowest BCUT2D eigenvalue weighted by molar-refractivity contribution is 0.126. The molecule has 5 nitrogen and oxygen atoms in total. The molecule has 1 atom stereocenters. The van der Waals surface area contributed by atoms with Crippen LogP contribution in [0.2, 0.25) is 0 Å². The molecule has 0 radical (unpaired) electrons. The van der Waals surface area contributed by atoms with Gasteiger partial charge in [0, 0.05) is 42.5 Å². The van der Waals surface area contributed by atoms with Gasteiger partial charge in [-0.3, -0.25) is 4.90 Å². The van der Waals surface area contributed by atoms with Crippen molar-refractivity contribution in [1.82, 2.24) is 19.4 Å². The highest BCUT2D eigenvalue weighted by atomic mass is 32.1. The second-order valence-corrected chi connectivity index (χ2v) is 7.52. The van der Waals surface area contributed by atoms with Gasteiger partial charge in [-0.2, -0.15) is 11.3 Å². The van der Waals surface area contributed by atoms with Crippen molar-refractivity contribution < 1.29 is 4.42 Å². The maximum absolute atomic E-state index is 5.91. The monoisotopic (exact) mass is 356 g/mol. The van der Waals surface area contributed by atoms with Gasteiger partial charge in [0.1, 0.15) is 5.76 Å². The van der Waals surface area contributed by atoms with E-state index in [1.807, 2.05) is 25.6 Å². The van der Waals surface area contributed by atoms with Crippen LogP contribution in [0.15, 0.2) is 40.0 Å². The number of hydrogen-bond acceptors (Lipinski definition) is 5. The topological polar surface area (TPSA) is 47.1 Å². The van der Waals surface area contributed by atoms with Gasteiger partial charge in [0.15, 0.2) is 0 Å². The molecule has 25 heavy (non-hydrogen) atoms. The molecule has 3 aromatic heterocycles. The predicted octanol–water partition coefficient (Wildman–Crippen LogP) is 4.35. The van der Waals surface area contributed by atoms with Crippen molar-refractivity contribution in [2.75, 3.05) is 6.54 Å². The van der Waals surface area contributed by atoms with Crippen LogP contribution in [-0.4, -0.2) is 32.0 Å². The number of piperidine rings is 1. The molecule has 4 rings (SSSR count). The number of likely N-dealkylation sites (tertiary alicyclic amines) is 1. The molecule has 0 spiro atoms. The number of nitrogens with zero attached hydrogens (tertiary/aromatic N) is 4. The Balaban J connectivity index is 1.44. The Morgan fingerprint density at radius 3 is 3.12 bits per heavy atom. The van der Waals surface area contributed by atoms with Gasteiger partial charge in [-0.25, -0.2) is 9.97 Å². The lowest BCUT2D eigenvalue weighted by Crippen LogP contribution is -2.39.